The van der Waals surface area contributed by atoms with E-state index in [1.165, 1.54) is 18.2 Å². The maximum absolute atomic E-state index is 10.4. The van der Waals surface area contributed by atoms with Crippen LogP contribution in [-0.4, -0.2) is 16.2 Å². The molecule has 0 aliphatic carbocycles. The van der Waals surface area contributed by atoms with Gasteiger partial charge in [0.05, 0.1) is 5.56 Å². The molecular formula is C7H6O3S. The fraction of sp³-hybridized carbons (Fsp3) is 0. The second-order valence-corrected chi connectivity index (χ2v) is 2.56. The Morgan fingerprint density at radius 3 is 2.45 bits per heavy atom. The summed E-state index contributed by atoms with van der Waals surface area (Å²) in [4.78, 5) is 10.8. The molecule has 0 saturated carbocycles. The van der Waals surface area contributed by atoms with Crippen molar-refractivity contribution in [3.8, 4) is 5.75 Å². The Hall–Kier alpha value is -1.16. The van der Waals surface area contributed by atoms with Crippen molar-refractivity contribution in [2.45, 2.75) is 4.90 Å². The molecule has 1 aromatic carbocycles. The molecular weight excluding hydrogens is 164 g/mol. The number of phenols is 1. The highest BCUT2D eigenvalue weighted by molar-refractivity contribution is 7.80. The van der Waals surface area contributed by atoms with Crippen molar-refractivity contribution in [3.05, 3.63) is 23.8 Å². The first-order valence-electron chi connectivity index (χ1n) is 2.86. The highest BCUT2D eigenvalue weighted by Crippen LogP contribution is 2.17. The lowest BCUT2D eigenvalue weighted by atomic mass is 10.2. The molecule has 0 aliphatic heterocycles. The average molecular weight is 170 g/mol. The Morgan fingerprint density at radius 2 is 2.00 bits per heavy atom. The molecule has 1 aromatic rings. The number of benzene rings is 1. The van der Waals surface area contributed by atoms with Gasteiger partial charge in [0.1, 0.15) is 5.75 Å². The minimum atomic E-state index is -1.07. The van der Waals surface area contributed by atoms with Crippen LogP contribution in [0, 0.1) is 0 Å². The number of aromatic hydroxyl groups is 1. The minimum Gasteiger partial charge on any atom is -0.508 e. The van der Waals surface area contributed by atoms with Gasteiger partial charge in [-0.1, -0.05) is 0 Å². The number of thiol groups is 1. The summed E-state index contributed by atoms with van der Waals surface area (Å²) >= 11 is 3.90. The quantitative estimate of drug-likeness (QED) is 0.558. The predicted octanol–water partition coefficient (Wildman–Crippen LogP) is 1.38. The van der Waals surface area contributed by atoms with Gasteiger partial charge in [0.25, 0.3) is 0 Å². The zero-order valence-electron chi connectivity index (χ0n) is 5.48. The van der Waals surface area contributed by atoms with Crippen LogP contribution < -0.4 is 0 Å². The Morgan fingerprint density at radius 1 is 1.36 bits per heavy atom. The largest absolute Gasteiger partial charge is 0.508 e. The van der Waals surface area contributed by atoms with E-state index in [1.54, 1.807) is 0 Å². The molecule has 0 spiro atoms. The highest BCUT2D eigenvalue weighted by Gasteiger charge is 2.03. The van der Waals surface area contributed by atoms with Crippen LogP contribution in [0.4, 0.5) is 0 Å². The Labute approximate surface area is 68.7 Å². The van der Waals surface area contributed by atoms with Crippen molar-refractivity contribution >= 4 is 18.6 Å². The molecule has 0 amide bonds. The number of carboxylic acids is 1. The lowest BCUT2D eigenvalue weighted by molar-refractivity contribution is 0.0696. The lowest BCUT2D eigenvalue weighted by Gasteiger charge is -1.97. The zero-order valence-corrected chi connectivity index (χ0v) is 6.38. The van der Waals surface area contributed by atoms with E-state index < -0.39 is 5.97 Å². The number of aromatic carboxylic acids is 1. The topological polar surface area (TPSA) is 57.5 Å². The van der Waals surface area contributed by atoms with E-state index in [-0.39, 0.29) is 11.3 Å². The highest BCUT2D eigenvalue weighted by atomic mass is 32.1. The first-order chi connectivity index (χ1) is 5.09. The van der Waals surface area contributed by atoms with Crippen molar-refractivity contribution in [1.82, 2.24) is 0 Å². The normalized spacial score (nSPS) is 9.55. The van der Waals surface area contributed by atoms with E-state index in [1.807, 2.05) is 0 Å². The van der Waals surface area contributed by atoms with Gasteiger partial charge in [0.15, 0.2) is 0 Å². The van der Waals surface area contributed by atoms with Crippen LogP contribution in [0.3, 0.4) is 0 Å². The van der Waals surface area contributed by atoms with Crippen LogP contribution in [0.2, 0.25) is 0 Å². The Balaban J connectivity index is 3.19. The first kappa shape index (κ1) is 7.94. The van der Waals surface area contributed by atoms with E-state index in [0.717, 1.165) is 0 Å². The van der Waals surface area contributed by atoms with E-state index in [4.69, 9.17) is 10.2 Å². The van der Waals surface area contributed by atoms with Crippen molar-refractivity contribution < 1.29 is 15.0 Å². The van der Waals surface area contributed by atoms with Gasteiger partial charge >= 0.3 is 5.97 Å². The van der Waals surface area contributed by atoms with Gasteiger partial charge in [0, 0.05) is 4.90 Å². The summed E-state index contributed by atoms with van der Waals surface area (Å²) in [7, 11) is 0. The molecule has 0 unspecified atom stereocenters. The van der Waals surface area contributed by atoms with Gasteiger partial charge in [0.2, 0.25) is 0 Å². The van der Waals surface area contributed by atoms with E-state index >= 15 is 0 Å². The maximum atomic E-state index is 10.4. The van der Waals surface area contributed by atoms with Crippen LogP contribution in [0.15, 0.2) is 23.1 Å². The number of phenolic OH excluding ortho intramolecular Hbond substituents is 1. The third-order valence-corrected chi connectivity index (χ3v) is 1.41. The smallest absolute Gasteiger partial charge is 0.335 e. The molecule has 0 atom stereocenters. The zero-order chi connectivity index (χ0) is 8.43. The Kier molecular flexibility index (Phi) is 2.05. The van der Waals surface area contributed by atoms with Crippen molar-refractivity contribution in [3.63, 3.8) is 0 Å². The fourth-order valence-corrected chi connectivity index (χ4v) is 0.990. The van der Waals surface area contributed by atoms with Gasteiger partial charge in [-0.2, -0.15) is 0 Å². The molecule has 0 radical (unpaired) electrons. The van der Waals surface area contributed by atoms with E-state index in [2.05, 4.69) is 12.6 Å². The molecule has 0 bridgehead atoms. The standard InChI is InChI=1S/C7H6O3S/c8-5-1-4(7(9)10)2-6(11)3-5/h1-3,8,11H,(H,9,10). The minimum absolute atomic E-state index is 0.0370. The van der Waals surface area contributed by atoms with Crippen molar-refractivity contribution in [2.75, 3.05) is 0 Å². The van der Waals surface area contributed by atoms with Crippen molar-refractivity contribution in [1.29, 1.82) is 0 Å². The molecule has 0 aliphatic rings. The molecule has 1 rings (SSSR count). The molecule has 3 nitrogen and oxygen atoms in total. The number of hydrogen-bond acceptors (Lipinski definition) is 3. The first-order valence-corrected chi connectivity index (χ1v) is 3.30. The molecule has 2 N–H and O–H groups in total. The van der Waals surface area contributed by atoms with E-state index in [9.17, 15) is 4.79 Å². The second-order valence-electron chi connectivity index (χ2n) is 2.04. The molecule has 11 heavy (non-hydrogen) atoms. The van der Waals surface area contributed by atoms with Crippen LogP contribution in [0.25, 0.3) is 0 Å². The SMILES string of the molecule is O=C(O)c1cc(O)cc(S)c1. The van der Waals surface area contributed by atoms with Crippen LogP contribution in [-0.2, 0) is 0 Å². The van der Waals surface area contributed by atoms with Gasteiger partial charge in [-0.3, -0.25) is 0 Å². The third kappa shape index (κ3) is 1.88. The molecule has 0 saturated heterocycles. The number of hydrogen-bond donors (Lipinski definition) is 3. The summed E-state index contributed by atoms with van der Waals surface area (Å²) in [5.74, 6) is -1.16. The van der Waals surface area contributed by atoms with Gasteiger partial charge in [-0.25, -0.2) is 4.79 Å². The van der Waals surface area contributed by atoms with Crippen molar-refractivity contribution in [2.24, 2.45) is 0 Å². The van der Waals surface area contributed by atoms with Crippen LogP contribution in [0.5, 0.6) is 5.75 Å². The molecule has 0 heterocycles. The summed E-state index contributed by atoms with van der Waals surface area (Å²) in [6.07, 6.45) is 0. The summed E-state index contributed by atoms with van der Waals surface area (Å²) in [5, 5.41) is 17.4. The average Bonchev–Trinajstić information content (AvgIpc) is 1.85. The summed E-state index contributed by atoms with van der Waals surface area (Å²) in [5.41, 5.74) is 0.0370. The monoisotopic (exact) mass is 170 g/mol. The van der Waals surface area contributed by atoms with Crippen LogP contribution >= 0.6 is 12.6 Å². The second kappa shape index (κ2) is 2.84. The number of rotatable bonds is 1. The summed E-state index contributed by atoms with van der Waals surface area (Å²) < 4.78 is 0. The maximum Gasteiger partial charge on any atom is 0.335 e. The summed E-state index contributed by atoms with van der Waals surface area (Å²) in [6, 6.07) is 3.91. The molecule has 4 heteroatoms. The predicted molar refractivity (Wildman–Crippen MR) is 42.3 cm³/mol. The summed E-state index contributed by atoms with van der Waals surface area (Å²) in [6.45, 7) is 0. The Bertz CT molecular complexity index is 275. The van der Waals surface area contributed by atoms with Gasteiger partial charge in [-0.05, 0) is 18.2 Å². The fourth-order valence-electron chi connectivity index (χ4n) is 0.719. The number of carbonyl (C=O) groups is 1. The molecule has 0 fully saturated rings. The van der Waals surface area contributed by atoms with Gasteiger partial charge in [-0.15, -0.1) is 12.6 Å². The molecule has 0 aromatic heterocycles. The molecule has 58 valence electrons. The third-order valence-electron chi connectivity index (χ3n) is 1.15. The van der Waals surface area contributed by atoms with Gasteiger partial charge < -0.3 is 10.2 Å². The van der Waals surface area contributed by atoms with E-state index in [0.29, 0.717) is 4.90 Å². The van der Waals surface area contributed by atoms with Crippen LogP contribution in [0.1, 0.15) is 10.4 Å². The number of carboxylic acid groups (broad SMARTS) is 1. The lowest BCUT2D eigenvalue weighted by Crippen LogP contribution is -1.95.